The average Bonchev–Trinajstić information content (AvgIpc) is 3.31. The van der Waals surface area contributed by atoms with Gasteiger partial charge in [0.1, 0.15) is 11.6 Å². The van der Waals surface area contributed by atoms with E-state index in [0.29, 0.717) is 11.6 Å². The number of nitrogens with one attached hydrogen (secondary N) is 1. The second kappa shape index (κ2) is 7.40. The highest BCUT2D eigenvalue weighted by molar-refractivity contribution is 7.19. The second-order valence-corrected chi connectivity index (χ2v) is 9.53. The molecule has 0 radical (unpaired) electrons. The Hall–Kier alpha value is -3.27. The van der Waals surface area contributed by atoms with Crippen LogP contribution in [0.1, 0.15) is 31.5 Å². The monoisotopic (exact) mass is 447 g/mol. The molecule has 1 atom stereocenters. The van der Waals surface area contributed by atoms with Gasteiger partial charge in [-0.1, -0.05) is 11.3 Å². The Bertz CT molecular complexity index is 1310. The Morgan fingerprint density at radius 2 is 2.00 bits per heavy atom. The van der Waals surface area contributed by atoms with Crippen molar-refractivity contribution in [3.63, 3.8) is 0 Å². The van der Waals surface area contributed by atoms with Gasteiger partial charge < -0.3 is 15.1 Å². The number of pyridine rings is 1. The molecule has 6 heterocycles. The van der Waals surface area contributed by atoms with Crippen LogP contribution in [0, 0.1) is 6.92 Å². The van der Waals surface area contributed by atoms with Crippen molar-refractivity contribution in [3.05, 3.63) is 30.2 Å². The van der Waals surface area contributed by atoms with Crippen LogP contribution in [0.4, 0.5) is 22.6 Å². The Morgan fingerprint density at radius 3 is 2.81 bits per heavy atom. The highest BCUT2D eigenvalue weighted by Crippen LogP contribution is 2.35. The maximum Gasteiger partial charge on any atom is 0.185 e. The first-order chi connectivity index (χ1) is 15.6. The molecule has 4 aromatic heterocycles. The van der Waals surface area contributed by atoms with E-state index < -0.39 is 0 Å². The SMILES string of the molecule is Cc1nc2sc1-c1nccc(n1)Nc1cc3c(cn1)c(N1CCC1)nn3C(C)CCN2C. The minimum atomic E-state index is 0.233. The van der Waals surface area contributed by atoms with E-state index in [-0.39, 0.29) is 6.04 Å². The topological polar surface area (TPSA) is 87.9 Å². The Kier molecular flexibility index (Phi) is 4.49. The second-order valence-electron chi connectivity index (χ2n) is 8.56. The molecule has 0 spiro atoms. The number of aryl methyl sites for hydroxylation is 1. The summed E-state index contributed by atoms with van der Waals surface area (Å²) in [5, 5.41) is 10.5. The molecule has 1 saturated heterocycles. The highest BCUT2D eigenvalue weighted by Gasteiger charge is 2.24. The summed E-state index contributed by atoms with van der Waals surface area (Å²) in [7, 11) is 2.10. The quantitative estimate of drug-likeness (QED) is 0.468. The Morgan fingerprint density at radius 1 is 1.12 bits per heavy atom. The number of anilines is 4. The smallest absolute Gasteiger partial charge is 0.185 e. The van der Waals surface area contributed by atoms with Gasteiger partial charge in [-0.25, -0.2) is 19.9 Å². The summed E-state index contributed by atoms with van der Waals surface area (Å²) in [6, 6.07) is 4.18. The van der Waals surface area contributed by atoms with Gasteiger partial charge in [-0.3, -0.25) is 4.68 Å². The van der Waals surface area contributed by atoms with Crippen LogP contribution in [-0.2, 0) is 0 Å². The van der Waals surface area contributed by atoms with Gasteiger partial charge in [0.05, 0.1) is 27.5 Å². The van der Waals surface area contributed by atoms with Gasteiger partial charge in [-0.2, -0.15) is 5.10 Å². The Labute approximate surface area is 190 Å². The van der Waals surface area contributed by atoms with Crippen LogP contribution in [-0.4, -0.2) is 56.4 Å². The number of nitrogens with zero attached hydrogens (tertiary/aromatic N) is 8. The normalized spacial score (nSPS) is 18.3. The maximum atomic E-state index is 5.04. The molecule has 32 heavy (non-hydrogen) atoms. The van der Waals surface area contributed by atoms with E-state index in [4.69, 9.17) is 15.1 Å². The molecule has 10 heteroatoms. The lowest BCUT2D eigenvalue weighted by molar-refractivity contribution is 0.471. The van der Waals surface area contributed by atoms with Crippen molar-refractivity contribution in [3.8, 4) is 10.7 Å². The summed E-state index contributed by atoms with van der Waals surface area (Å²) in [5.74, 6) is 3.18. The van der Waals surface area contributed by atoms with Gasteiger partial charge in [0.25, 0.3) is 0 Å². The molecular weight excluding hydrogens is 422 g/mol. The molecule has 0 aromatic carbocycles. The molecule has 0 amide bonds. The number of hydrogen-bond donors (Lipinski definition) is 1. The van der Waals surface area contributed by atoms with Gasteiger partial charge in [0, 0.05) is 45.1 Å². The standard InChI is InChI=1S/C22H25N9S/c1-13-6-10-29(3)22-25-14(2)19(32-22)20-23-7-5-17(27-20)26-18-11-16-15(12-24-18)21(28-31(13)16)30-8-4-9-30/h5,7,11-13H,4,6,8-10H2,1-3H3,(H,23,24,26,27). The molecule has 9 nitrogen and oxygen atoms in total. The largest absolute Gasteiger partial charge is 0.354 e. The average molecular weight is 448 g/mol. The third kappa shape index (κ3) is 3.17. The Balaban J connectivity index is 1.49. The van der Waals surface area contributed by atoms with Crippen molar-refractivity contribution in [1.29, 1.82) is 0 Å². The molecular formula is C22H25N9S. The van der Waals surface area contributed by atoms with Crippen molar-refractivity contribution in [2.45, 2.75) is 32.7 Å². The lowest BCUT2D eigenvalue weighted by atomic mass is 10.2. The van der Waals surface area contributed by atoms with Crippen molar-refractivity contribution in [1.82, 2.24) is 29.7 Å². The first-order valence-electron chi connectivity index (χ1n) is 11.0. The van der Waals surface area contributed by atoms with Crippen molar-refractivity contribution in [2.75, 3.05) is 41.8 Å². The fourth-order valence-electron chi connectivity index (χ4n) is 4.20. The molecule has 1 unspecified atom stereocenters. The van der Waals surface area contributed by atoms with Crippen LogP contribution in [0.2, 0.25) is 0 Å². The van der Waals surface area contributed by atoms with Gasteiger partial charge in [0.2, 0.25) is 0 Å². The highest BCUT2D eigenvalue weighted by atomic mass is 32.1. The van der Waals surface area contributed by atoms with E-state index in [9.17, 15) is 0 Å². The summed E-state index contributed by atoms with van der Waals surface area (Å²) < 4.78 is 2.16. The van der Waals surface area contributed by atoms with E-state index in [1.165, 1.54) is 6.42 Å². The number of rotatable bonds is 1. The molecule has 2 aliphatic rings. The maximum absolute atomic E-state index is 5.04. The van der Waals surface area contributed by atoms with E-state index >= 15 is 0 Å². The third-order valence-electron chi connectivity index (χ3n) is 6.25. The fraction of sp³-hybridized carbons (Fsp3) is 0.409. The summed E-state index contributed by atoms with van der Waals surface area (Å²) in [5.41, 5.74) is 2.04. The first kappa shape index (κ1) is 19.4. The van der Waals surface area contributed by atoms with Crippen LogP contribution in [0.5, 0.6) is 0 Å². The molecule has 0 saturated carbocycles. The molecule has 6 bridgehead atoms. The summed E-state index contributed by atoms with van der Waals surface area (Å²) >= 11 is 1.63. The molecule has 2 aliphatic heterocycles. The van der Waals surface area contributed by atoms with Crippen molar-refractivity contribution < 1.29 is 0 Å². The van der Waals surface area contributed by atoms with Gasteiger partial charge in [-0.15, -0.1) is 0 Å². The van der Waals surface area contributed by atoms with Crippen molar-refractivity contribution >= 4 is 44.8 Å². The summed E-state index contributed by atoms with van der Waals surface area (Å²) in [4.78, 5) is 24.3. The fourth-order valence-corrected chi connectivity index (χ4v) is 5.20. The van der Waals surface area contributed by atoms with Crippen LogP contribution >= 0.6 is 11.3 Å². The van der Waals surface area contributed by atoms with E-state index in [1.807, 2.05) is 19.2 Å². The zero-order chi connectivity index (χ0) is 21.8. The minimum Gasteiger partial charge on any atom is -0.354 e. The third-order valence-corrected chi connectivity index (χ3v) is 7.52. The molecule has 164 valence electrons. The summed E-state index contributed by atoms with van der Waals surface area (Å²) in [6.07, 6.45) is 5.88. The zero-order valence-corrected chi connectivity index (χ0v) is 19.2. The van der Waals surface area contributed by atoms with Crippen molar-refractivity contribution in [2.24, 2.45) is 0 Å². The van der Waals surface area contributed by atoms with Crippen LogP contribution in [0.25, 0.3) is 21.6 Å². The van der Waals surface area contributed by atoms with Gasteiger partial charge >= 0.3 is 0 Å². The van der Waals surface area contributed by atoms with Crippen LogP contribution in [0.15, 0.2) is 24.5 Å². The van der Waals surface area contributed by atoms with E-state index in [2.05, 4.69) is 49.8 Å². The number of hydrogen-bond acceptors (Lipinski definition) is 9. The van der Waals surface area contributed by atoms with Gasteiger partial charge in [-0.05, 0) is 32.8 Å². The van der Waals surface area contributed by atoms with Crippen LogP contribution in [0.3, 0.4) is 0 Å². The predicted molar refractivity (Wildman–Crippen MR) is 128 cm³/mol. The lowest BCUT2D eigenvalue weighted by Gasteiger charge is -2.31. The molecule has 0 aliphatic carbocycles. The predicted octanol–water partition coefficient (Wildman–Crippen LogP) is 4.01. The zero-order valence-electron chi connectivity index (χ0n) is 18.4. The number of aromatic nitrogens is 6. The summed E-state index contributed by atoms with van der Waals surface area (Å²) in [6.45, 7) is 7.24. The van der Waals surface area contributed by atoms with E-state index in [1.54, 1.807) is 17.5 Å². The van der Waals surface area contributed by atoms with E-state index in [0.717, 1.165) is 64.3 Å². The van der Waals surface area contributed by atoms with Crippen LogP contribution < -0.4 is 15.1 Å². The molecule has 4 aromatic rings. The first-order valence-corrected chi connectivity index (χ1v) is 11.8. The number of thiazole rings is 1. The molecule has 1 N–H and O–H groups in total. The lowest BCUT2D eigenvalue weighted by Crippen LogP contribution is -2.37. The number of fused-ring (bicyclic) bond motifs is 6. The molecule has 1 fully saturated rings. The molecule has 6 rings (SSSR count). The van der Waals surface area contributed by atoms with Gasteiger partial charge in [0.15, 0.2) is 16.8 Å². The minimum absolute atomic E-state index is 0.233.